The van der Waals surface area contributed by atoms with Crippen molar-refractivity contribution in [1.29, 1.82) is 0 Å². The van der Waals surface area contributed by atoms with Crippen LogP contribution in [0.5, 0.6) is 0 Å². The van der Waals surface area contributed by atoms with Crippen LogP contribution in [0.4, 0.5) is 0 Å². The van der Waals surface area contributed by atoms with Gasteiger partial charge in [-0.15, -0.1) is 0 Å². The molecule has 0 aromatic rings. The van der Waals surface area contributed by atoms with Crippen LogP contribution in [0.15, 0.2) is 0 Å². The van der Waals surface area contributed by atoms with Crippen LogP contribution >= 0.6 is 0 Å². The molecule has 2 aliphatic rings. The molecule has 2 aliphatic carbocycles. The summed E-state index contributed by atoms with van der Waals surface area (Å²) in [6.45, 7) is 0. The SMILES string of the molecule is O=C1CC2CCC1C2[N+](=O)[O-]. The quantitative estimate of drug-likeness (QED) is 0.412. The molecule has 0 aliphatic heterocycles. The van der Waals surface area contributed by atoms with E-state index in [1.165, 1.54) is 0 Å². The van der Waals surface area contributed by atoms with E-state index in [0.717, 1.165) is 12.8 Å². The molecule has 0 saturated heterocycles. The topological polar surface area (TPSA) is 60.2 Å². The van der Waals surface area contributed by atoms with Crippen molar-refractivity contribution in [1.82, 2.24) is 0 Å². The Morgan fingerprint density at radius 3 is 2.45 bits per heavy atom. The second-order valence-electron chi connectivity index (χ2n) is 3.39. The largest absolute Gasteiger partial charge is 0.299 e. The molecule has 0 aromatic heterocycles. The van der Waals surface area contributed by atoms with Crippen LogP contribution in [0, 0.1) is 22.0 Å². The predicted molar refractivity (Wildman–Crippen MR) is 36.6 cm³/mol. The third-order valence-electron chi connectivity index (χ3n) is 2.86. The summed E-state index contributed by atoms with van der Waals surface area (Å²) in [5.41, 5.74) is 0. The molecule has 0 aromatic carbocycles. The van der Waals surface area contributed by atoms with E-state index in [4.69, 9.17) is 0 Å². The van der Waals surface area contributed by atoms with E-state index < -0.39 is 6.04 Å². The van der Waals surface area contributed by atoms with Gasteiger partial charge in [0.05, 0.1) is 5.92 Å². The maximum atomic E-state index is 11.0. The van der Waals surface area contributed by atoms with E-state index >= 15 is 0 Å². The van der Waals surface area contributed by atoms with E-state index in [2.05, 4.69) is 0 Å². The minimum Gasteiger partial charge on any atom is -0.299 e. The third-order valence-corrected chi connectivity index (χ3v) is 2.86. The van der Waals surface area contributed by atoms with Gasteiger partial charge in [0, 0.05) is 17.3 Å². The lowest BCUT2D eigenvalue weighted by molar-refractivity contribution is -0.530. The number of fused-ring (bicyclic) bond motifs is 2. The first kappa shape index (κ1) is 6.76. The van der Waals surface area contributed by atoms with Crippen molar-refractivity contribution >= 4 is 5.78 Å². The van der Waals surface area contributed by atoms with Crippen LogP contribution in [-0.4, -0.2) is 16.7 Å². The number of ketones is 1. The molecule has 0 spiro atoms. The Morgan fingerprint density at radius 2 is 2.18 bits per heavy atom. The molecule has 2 saturated carbocycles. The lowest BCUT2D eigenvalue weighted by Crippen LogP contribution is -2.25. The maximum absolute atomic E-state index is 11.0. The standard InChI is InChI=1S/C7H9NO3/c9-6-3-4-1-2-5(6)7(4)8(10)11/h4-5,7H,1-3H2. The van der Waals surface area contributed by atoms with Crippen LogP contribution < -0.4 is 0 Å². The number of nitrogens with zero attached hydrogens (tertiary/aromatic N) is 1. The first-order valence-corrected chi connectivity index (χ1v) is 3.86. The summed E-state index contributed by atoms with van der Waals surface area (Å²) in [4.78, 5) is 21.2. The Hall–Kier alpha value is -0.930. The molecule has 0 radical (unpaired) electrons. The highest BCUT2D eigenvalue weighted by Crippen LogP contribution is 2.43. The lowest BCUT2D eigenvalue weighted by Gasteiger charge is -2.02. The van der Waals surface area contributed by atoms with Crippen LogP contribution in [-0.2, 0) is 4.79 Å². The van der Waals surface area contributed by atoms with Gasteiger partial charge in [-0.05, 0) is 12.8 Å². The van der Waals surface area contributed by atoms with Gasteiger partial charge in [0.25, 0.3) is 0 Å². The number of carbonyl (C=O) groups excluding carboxylic acids is 1. The van der Waals surface area contributed by atoms with Crippen LogP contribution in [0.2, 0.25) is 0 Å². The van der Waals surface area contributed by atoms with E-state index in [-0.39, 0.29) is 22.5 Å². The Morgan fingerprint density at radius 1 is 1.45 bits per heavy atom. The summed E-state index contributed by atoms with van der Waals surface area (Å²) in [7, 11) is 0. The average Bonchev–Trinajstić information content (AvgIpc) is 2.41. The Balaban J connectivity index is 2.25. The Labute approximate surface area is 63.7 Å². The summed E-state index contributed by atoms with van der Waals surface area (Å²) in [6.07, 6.45) is 2.08. The second-order valence-corrected chi connectivity index (χ2v) is 3.39. The molecule has 0 heterocycles. The summed E-state index contributed by atoms with van der Waals surface area (Å²) in [5, 5.41) is 10.5. The first-order chi connectivity index (χ1) is 5.20. The number of hydrogen-bond donors (Lipinski definition) is 0. The van der Waals surface area contributed by atoms with Gasteiger partial charge in [0.15, 0.2) is 0 Å². The fourth-order valence-corrected chi connectivity index (χ4v) is 2.37. The molecular weight excluding hydrogens is 146 g/mol. The summed E-state index contributed by atoms with van der Waals surface area (Å²) < 4.78 is 0. The van der Waals surface area contributed by atoms with Gasteiger partial charge in [-0.1, -0.05) is 0 Å². The molecule has 4 nitrogen and oxygen atoms in total. The number of Topliss-reactive ketones (excluding diaryl/α,β-unsaturated/α-hetero) is 1. The lowest BCUT2D eigenvalue weighted by atomic mass is 10.00. The van der Waals surface area contributed by atoms with Crippen molar-refractivity contribution in [2.45, 2.75) is 25.3 Å². The average molecular weight is 155 g/mol. The summed E-state index contributed by atoms with van der Waals surface area (Å²) >= 11 is 0. The number of hydrogen-bond acceptors (Lipinski definition) is 3. The van der Waals surface area contributed by atoms with Crippen LogP contribution in [0.25, 0.3) is 0 Å². The van der Waals surface area contributed by atoms with Crippen molar-refractivity contribution < 1.29 is 9.72 Å². The van der Waals surface area contributed by atoms with Crippen molar-refractivity contribution in [3.8, 4) is 0 Å². The highest BCUT2D eigenvalue weighted by atomic mass is 16.6. The van der Waals surface area contributed by atoms with E-state index in [1.54, 1.807) is 0 Å². The molecule has 2 bridgehead atoms. The Bertz CT molecular complexity index is 226. The smallest absolute Gasteiger partial charge is 0.225 e. The van der Waals surface area contributed by atoms with Crippen LogP contribution in [0.1, 0.15) is 19.3 Å². The fraction of sp³-hybridized carbons (Fsp3) is 0.857. The molecule has 11 heavy (non-hydrogen) atoms. The molecule has 4 heteroatoms. The minimum absolute atomic E-state index is 0.0579. The van der Waals surface area contributed by atoms with Gasteiger partial charge in [-0.25, -0.2) is 0 Å². The van der Waals surface area contributed by atoms with E-state index in [9.17, 15) is 14.9 Å². The van der Waals surface area contributed by atoms with Crippen LogP contribution in [0.3, 0.4) is 0 Å². The van der Waals surface area contributed by atoms with E-state index in [1.807, 2.05) is 0 Å². The minimum atomic E-state index is -0.539. The molecule has 2 fully saturated rings. The zero-order chi connectivity index (χ0) is 8.01. The van der Waals surface area contributed by atoms with Crippen molar-refractivity contribution in [2.75, 3.05) is 0 Å². The van der Waals surface area contributed by atoms with Gasteiger partial charge >= 0.3 is 0 Å². The van der Waals surface area contributed by atoms with Gasteiger partial charge in [0.1, 0.15) is 5.78 Å². The van der Waals surface area contributed by atoms with Crippen molar-refractivity contribution in [3.05, 3.63) is 10.1 Å². The van der Waals surface area contributed by atoms with Gasteiger partial charge < -0.3 is 0 Å². The zero-order valence-corrected chi connectivity index (χ0v) is 6.03. The van der Waals surface area contributed by atoms with Gasteiger partial charge in [-0.3, -0.25) is 14.9 Å². The summed E-state index contributed by atoms with van der Waals surface area (Å²) in [5.74, 6) is -0.0690. The third kappa shape index (κ3) is 0.783. The van der Waals surface area contributed by atoms with Crippen molar-refractivity contribution in [3.63, 3.8) is 0 Å². The first-order valence-electron chi connectivity index (χ1n) is 3.86. The second kappa shape index (κ2) is 2.03. The monoisotopic (exact) mass is 155 g/mol. The fourth-order valence-electron chi connectivity index (χ4n) is 2.37. The normalized spacial score (nSPS) is 41.5. The summed E-state index contributed by atoms with van der Waals surface area (Å²) in [6, 6.07) is -0.539. The zero-order valence-electron chi connectivity index (χ0n) is 6.03. The van der Waals surface area contributed by atoms with Gasteiger partial charge in [-0.2, -0.15) is 0 Å². The molecule has 3 unspecified atom stereocenters. The number of carbonyl (C=O) groups is 1. The molecule has 0 N–H and O–H groups in total. The molecular formula is C7H9NO3. The molecule has 2 rings (SSSR count). The number of nitro groups is 1. The van der Waals surface area contributed by atoms with E-state index in [0.29, 0.717) is 6.42 Å². The predicted octanol–water partition coefficient (Wildman–Crippen LogP) is 0.631. The highest BCUT2D eigenvalue weighted by Gasteiger charge is 2.54. The molecule has 60 valence electrons. The molecule has 0 amide bonds. The number of rotatable bonds is 1. The highest BCUT2D eigenvalue weighted by molar-refractivity contribution is 5.85. The molecule has 3 atom stereocenters. The maximum Gasteiger partial charge on any atom is 0.225 e. The van der Waals surface area contributed by atoms with Crippen molar-refractivity contribution in [2.24, 2.45) is 11.8 Å². The Kier molecular flexibility index (Phi) is 1.25. The van der Waals surface area contributed by atoms with Gasteiger partial charge in [0.2, 0.25) is 6.04 Å².